The Balaban J connectivity index is 2.02. The summed E-state index contributed by atoms with van der Waals surface area (Å²) in [6, 6.07) is 2.20. The van der Waals surface area contributed by atoms with Gasteiger partial charge in [-0.15, -0.1) is 0 Å². The van der Waals surface area contributed by atoms with E-state index in [1.165, 1.54) is 31.2 Å². The molecule has 0 unspecified atom stereocenters. The number of aromatic nitrogens is 1. The fourth-order valence-electron chi connectivity index (χ4n) is 3.11. The Morgan fingerprint density at radius 2 is 2.10 bits per heavy atom. The second-order valence-electron chi connectivity index (χ2n) is 6.69. The van der Waals surface area contributed by atoms with Crippen LogP contribution in [0.25, 0.3) is 0 Å². The van der Waals surface area contributed by atoms with Crippen LogP contribution in [-0.4, -0.2) is 25.1 Å². The number of anilines is 1. The lowest BCUT2D eigenvalue weighted by molar-refractivity contribution is 0.538. The largest absolute Gasteiger partial charge is 0.359 e. The van der Waals surface area contributed by atoms with E-state index in [1.807, 2.05) is 6.20 Å². The van der Waals surface area contributed by atoms with E-state index >= 15 is 0 Å². The second-order valence-corrected chi connectivity index (χ2v) is 7.61. The molecule has 2 rings (SSSR count). The molecule has 0 bridgehead atoms. The molecule has 0 aromatic carbocycles. The van der Waals surface area contributed by atoms with E-state index in [-0.39, 0.29) is 0 Å². The molecule has 0 atom stereocenters. The lowest BCUT2D eigenvalue weighted by Crippen LogP contribution is -2.27. The Morgan fingerprint density at radius 3 is 2.76 bits per heavy atom. The van der Waals surface area contributed by atoms with Crippen molar-refractivity contribution in [3.05, 3.63) is 22.3 Å². The van der Waals surface area contributed by atoms with E-state index in [4.69, 9.17) is 0 Å². The van der Waals surface area contributed by atoms with Crippen molar-refractivity contribution in [3.8, 4) is 0 Å². The summed E-state index contributed by atoms with van der Waals surface area (Å²) in [6.07, 6.45) is 7.46. The standard InChI is InChI=1S/C17H28BrN3/c1-13(2)9-19-10-15-8-16(18)11-20-17(15)21(3)12-14-6-4-5-7-14/h8,11,13-14,19H,4-7,9-10,12H2,1-3H3. The first-order chi connectivity index (χ1) is 10.1. The van der Waals surface area contributed by atoms with Gasteiger partial charge in [0, 0.05) is 36.4 Å². The molecule has 0 amide bonds. The van der Waals surface area contributed by atoms with E-state index in [1.54, 1.807) is 0 Å². The Morgan fingerprint density at radius 1 is 1.38 bits per heavy atom. The van der Waals surface area contributed by atoms with E-state index in [0.717, 1.165) is 35.8 Å². The SMILES string of the molecule is CC(C)CNCc1cc(Br)cnc1N(C)CC1CCCC1. The summed E-state index contributed by atoms with van der Waals surface area (Å²) in [7, 11) is 2.18. The number of rotatable bonds is 7. The summed E-state index contributed by atoms with van der Waals surface area (Å²) in [6.45, 7) is 7.53. The molecule has 1 saturated carbocycles. The maximum atomic E-state index is 4.66. The number of halogens is 1. The first-order valence-corrected chi connectivity index (χ1v) is 8.92. The molecule has 0 saturated heterocycles. The first kappa shape index (κ1) is 16.8. The second kappa shape index (κ2) is 8.14. The van der Waals surface area contributed by atoms with Crippen LogP contribution in [-0.2, 0) is 6.54 Å². The molecule has 21 heavy (non-hydrogen) atoms. The zero-order valence-corrected chi connectivity index (χ0v) is 15.1. The quantitative estimate of drug-likeness (QED) is 0.795. The maximum absolute atomic E-state index is 4.66. The minimum atomic E-state index is 0.671. The maximum Gasteiger partial charge on any atom is 0.132 e. The molecule has 0 spiro atoms. The van der Waals surface area contributed by atoms with Crippen LogP contribution in [0, 0.1) is 11.8 Å². The van der Waals surface area contributed by atoms with Crippen molar-refractivity contribution in [1.82, 2.24) is 10.3 Å². The summed E-state index contributed by atoms with van der Waals surface area (Å²) in [5, 5.41) is 3.53. The van der Waals surface area contributed by atoms with Gasteiger partial charge in [-0.2, -0.15) is 0 Å². The summed E-state index contributed by atoms with van der Waals surface area (Å²) in [4.78, 5) is 7.00. The highest BCUT2D eigenvalue weighted by molar-refractivity contribution is 9.10. The van der Waals surface area contributed by atoms with Gasteiger partial charge in [-0.05, 0) is 53.2 Å². The normalized spacial score (nSPS) is 15.9. The van der Waals surface area contributed by atoms with Crippen molar-refractivity contribution in [1.29, 1.82) is 0 Å². The van der Waals surface area contributed by atoms with Crippen LogP contribution < -0.4 is 10.2 Å². The molecule has 1 heterocycles. The molecule has 4 heteroatoms. The minimum absolute atomic E-state index is 0.671. The third-order valence-corrected chi connectivity index (χ3v) is 4.58. The van der Waals surface area contributed by atoms with E-state index < -0.39 is 0 Å². The van der Waals surface area contributed by atoms with Gasteiger partial charge in [-0.3, -0.25) is 0 Å². The van der Waals surface area contributed by atoms with Crippen LogP contribution in [0.1, 0.15) is 45.1 Å². The Kier molecular flexibility index (Phi) is 6.49. The van der Waals surface area contributed by atoms with Gasteiger partial charge in [0.2, 0.25) is 0 Å². The third kappa shape index (κ3) is 5.26. The average molecular weight is 354 g/mol. The molecule has 1 aromatic heterocycles. The fourth-order valence-corrected chi connectivity index (χ4v) is 3.49. The third-order valence-electron chi connectivity index (χ3n) is 4.15. The lowest BCUT2D eigenvalue weighted by Gasteiger charge is -2.24. The number of hydrogen-bond donors (Lipinski definition) is 1. The molecule has 3 nitrogen and oxygen atoms in total. The van der Waals surface area contributed by atoms with E-state index in [9.17, 15) is 0 Å². The van der Waals surface area contributed by atoms with Crippen molar-refractivity contribution < 1.29 is 0 Å². The van der Waals surface area contributed by atoms with Crippen LogP contribution in [0.4, 0.5) is 5.82 Å². The molecule has 1 aliphatic carbocycles. The molecule has 1 fully saturated rings. The molecule has 1 aliphatic rings. The fraction of sp³-hybridized carbons (Fsp3) is 0.706. The topological polar surface area (TPSA) is 28.2 Å². The van der Waals surface area contributed by atoms with Crippen molar-refractivity contribution in [2.45, 2.75) is 46.1 Å². The van der Waals surface area contributed by atoms with Crippen molar-refractivity contribution >= 4 is 21.7 Å². The molecule has 0 radical (unpaired) electrons. The predicted octanol–water partition coefficient (Wildman–Crippen LogP) is 4.22. The van der Waals surface area contributed by atoms with Crippen molar-refractivity contribution in [2.24, 2.45) is 11.8 Å². The van der Waals surface area contributed by atoms with Crippen LogP contribution >= 0.6 is 15.9 Å². The van der Waals surface area contributed by atoms with Crippen LogP contribution in [0.2, 0.25) is 0 Å². The minimum Gasteiger partial charge on any atom is -0.359 e. The van der Waals surface area contributed by atoms with Crippen molar-refractivity contribution in [3.63, 3.8) is 0 Å². The van der Waals surface area contributed by atoms with Crippen LogP contribution in [0.3, 0.4) is 0 Å². The zero-order valence-electron chi connectivity index (χ0n) is 13.5. The number of pyridine rings is 1. The monoisotopic (exact) mass is 353 g/mol. The number of nitrogens with zero attached hydrogens (tertiary/aromatic N) is 2. The molecule has 118 valence electrons. The Labute approximate surface area is 137 Å². The molecule has 1 aromatic rings. The smallest absolute Gasteiger partial charge is 0.132 e. The van der Waals surface area contributed by atoms with Crippen LogP contribution in [0.15, 0.2) is 16.7 Å². The number of hydrogen-bond acceptors (Lipinski definition) is 3. The zero-order chi connectivity index (χ0) is 15.2. The summed E-state index contributed by atoms with van der Waals surface area (Å²) < 4.78 is 1.06. The Bertz CT molecular complexity index is 442. The first-order valence-electron chi connectivity index (χ1n) is 8.12. The van der Waals surface area contributed by atoms with Gasteiger partial charge >= 0.3 is 0 Å². The van der Waals surface area contributed by atoms with E-state index in [2.05, 4.69) is 58.1 Å². The predicted molar refractivity (Wildman–Crippen MR) is 93.7 cm³/mol. The lowest BCUT2D eigenvalue weighted by atomic mass is 10.1. The van der Waals surface area contributed by atoms with Gasteiger partial charge in [0.25, 0.3) is 0 Å². The molecular formula is C17H28BrN3. The summed E-state index contributed by atoms with van der Waals surface area (Å²) in [5.41, 5.74) is 1.28. The molecule has 1 N–H and O–H groups in total. The highest BCUT2D eigenvalue weighted by atomic mass is 79.9. The molecule has 0 aliphatic heterocycles. The van der Waals surface area contributed by atoms with Gasteiger partial charge in [0.1, 0.15) is 5.82 Å². The van der Waals surface area contributed by atoms with Crippen LogP contribution in [0.5, 0.6) is 0 Å². The Hall–Kier alpha value is -0.610. The van der Waals surface area contributed by atoms with E-state index in [0.29, 0.717) is 5.92 Å². The van der Waals surface area contributed by atoms with Crippen molar-refractivity contribution in [2.75, 3.05) is 25.0 Å². The molecular weight excluding hydrogens is 326 g/mol. The van der Waals surface area contributed by atoms with Gasteiger partial charge in [0.15, 0.2) is 0 Å². The highest BCUT2D eigenvalue weighted by Crippen LogP contribution is 2.28. The average Bonchev–Trinajstić information content (AvgIpc) is 2.91. The highest BCUT2D eigenvalue weighted by Gasteiger charge is 2.19. The summed E-state index contributed by atoms with van der Waals surface area (Å²) >= 11 is 3.55. The van der Waals surface area contributed by atoms with Gasteiger partial charge in [0.05, 0.1) is 0 Å². The van der Waals surface area contributed by atoms with Gasteiger partial charge < -0.3 is 10.2 Å². The van der Waals surface area contributed by atoms with Gasteiger partial charge in [-0.25, -0.2) is 4.98 Å². The number of nitrogens with one attached hydrogen (secondary N) is 1. The van der Waals surface area contributed by atoms with Gasteiger partial charge in [-0.1, -0.05) is 26.7 Å². The summed E-state index contributed by atoms with van der Waals surface area (Å²) in [5.74, 6) is 2.64.